The van der Waals surface area contributed by atoms with Gasteiger partial charge in [0.2, 0.25) is 5.82 Å². The van der Waals surface area contributed by atoms with Crippen LogP contribution in [0, 0.1) is 23.7 Å². The normalized spacial score (nSPS) is 35.7. The number of hydrogen-bond acceptors (Lipinski definition) is 5. The Morgan fingerprint density at radius 3 is 2.40 bits per heavy atom. The fraction of sp³-hybridized carbons (Fsp3) is 0.688. The number of nitrogens with one attached hydrogen (secondary N) is 1. The largest absolute Gasteiger partial charge is 0.331 e. The molecule has 7 rings (SSSR count). The maximum Gasteiger partial charge on any atom is 0.331 e. The van der Waals surface area contributed by atoms with Crippen molar-refractivity contribution in [1.82, 2.24) is 19.8 Å². The molecule has 3 aliphatic heterocycles. The van der Waals surface area contributed by atoms with E-state index >= 15 is 0 Å². The molecule has 5 fully saturated rings. The Hall–Kier alpha value is -2.74. The molecule has 0 spiro atoms. The number of aromatic nitrogens is 2. The fourth-order valence-electron chi connectivity index (χ4n) is 9.12. The van der Waals surface area contributed by atoms with Gasteiger partial charge in [-0.2, -0.15) is 0 Å². The number of amides is 3. The van der Waals surface area contributed by atoms with Crippen LogP contribution in [0.5, 0.6) is 0 Å². The topological polar surface area (TPSA) is 87.5 Å². The Kier molecular flexibility index (Phi) is 6.33. The Morgan fingerprint density at radius 2 is 1.68 bits per heavy atom. The van der Waals surface area contributed by atoms with Crippen molar-refractivity contribution in [3.8, 4) is 0 Å². The highest BCUT2D eigenvalue weighted by molar-refractivity contribution is 6.22. The monoisotopic (exact) mass is 545 g/mol. The molecule has 1 N–H and O–H groups in total. The van der Waals surface area contributed by atoms with Crippen molar-refractivity contribution in [2.45, 2.75) is 109 Å². The van der Waals surface area contributed by atoms with Gasteiger partial charge in [-0.05, 0) is 94.6 Å². The molecule has 3 amide bonds. The van der Waals surface area contributed by atoms with Gasteiger partial charge < -0.3 is 9.88 Å². The van der Waals surface area contributed by atoms with Crippen LogP contribution in [0.4, 0.5) is 10.6 Å². The van der Waals surface area contributed by atoms with Crippen LogP contribution in [0.15, 0.2) is 29.1 Å². The molecule has 2 saturated carbocycles. The molecule has 8 heteroatoms. The van der Waals surface area contributed by atoms with Gasteiger partial charge in [0.15, 0.2) is 0 Å². The highest BCUT2D eigenvalue weighted by atomic mass is 16.2. The van der Waals surface area contributed by atoms with Crippen LogP contribution in [0.3, 0.4) is 0 Å². The molecular formula is C32H43N5O3. The Bertz CT molecular complexity index is 1390. The molecule has 1 aromatic carbocycles. The summed E-state index contributed by atoms with van der Waals surface area (Å²) in [6.07, 6.45) is 12.8. The van der Waals surface area contributed by atoms with Crippen molar-refractivity contribution in [2.24, 2.45) is 23.7 Å². The van der Waals surface area contributed by atoms with Crippen molar-refractivity contribution in [1.29, 1.82) is 0 Å². The number of carbonyl (C=O) groups excluding carboxylic acids is 2. The lowest BCUT2D eigenvalue weighted by molar-refractivity contribution is -0.121. The van der Waals surface area contributed by atoms with Gasteiger partial charge in [0.05, 0.1) is 11.0 Å². The van der Waals surface area contributed by atoms with E-state index < -0.39 is 17.5 Å². The van der Waals surface area contributed by atoms with Crippen molar-refractivity contribution in [2.75, 3.05) is 11.4 Å². The quantitative estimate of drug-likeness (QED) is 0.530. The number of piperidine rings is 2. The summed E-state index contributed by atoms with van der Waals surface area (Å²) >= 11 is 0. The molecule has 214 valence electrons. The molecule has 0 radical (unpaired) electrons. The standard InChI is InChI=1S/C32H43N5O3/c1-19-11-12-23-16-24(17-27(19)35(23)18-22-14-20-7-6-8-21(13-20)15-22)36-26-10-5-4-9-25(26)33-28(29(36)38)37-30(39)32(2,3)34-31(37)40/h4-5,9-10,19-24,27H,6-8,11-18H2,1-3H3,(H,34,40)/t19-,20-,21+,22+,23+,24-,27+/m1/s1. The number of para-hydroxylation sites is 2. The van der Waals surface area contributed by atoms with Crippen molar-refractivity contribution < 1.29 is 9.59 Å². The summed E-state index contributed by atoms with van der Waals surface area (Å²) in [5.41, 5.74) is 0.00435. The van der Waals surface area contributed by atoms with Gasteiger partial charge in [0.1, 0.15) is 5.54 Å². The van der Waals surface area contributed by atoms with E-state index in [-0.39, 0.29) is 17.4 Å². The van der Waals surface area contributed by atoms with Gasteiger partial charge in [0, 0.05) is 24.7 Å². The maximum absolute atomic E-state index is 14.2. The van der Waals surface area contributed by atoms with Crippen LogP contribution in [0.25, 0.3) is 11.0 Å². The second-order valence-corrected chi connectivity index (χ2v) is 14.1. The van der Waals surface area contributed by atoms with E-state index in [0.29, 0.717) is 23.5 Å². The number of urea groups is 1. The van der Waals surface area contributed by atoms with Crippen molar-refractivity contribution in [3.05, 3.63) is 34.6 Å². The molecule has 0 unspecified atom stereocenters. The van der Waals surface area contributed by atoms with Crippen LogP contribution >= 0.6 is 0 Å². The molecule has 2 aromatic rings. The SMILES string of the molecule is C[C@@H]1CC[C@H]2C[C@@H](n3c(=O)c(N4C(=O)NC(C)(C)C4=O)nc4ccccc43)C[C@@H]1N2C[C@H]1C[C@@H]2CCC[C@@H](C2)C1. The minimum absolute atomic E-state index is 0.00710. The number of rotatable bonds is 4. The van der Waals surface area contributed by atoms with E-state index in [2.05, 4.69) is 22.1 Å². The minimum Gasteiger partial charge on any atom is -0.323 e. The number of anilines is 1. The molecule has 7 atom stereocenters. The van der Waals surface area contributed by atoms with Crippen LogP contribution in [0.1, 0.15) is 91.0 Å². The number of hydrogen-bond donors (Lipinski definition) is 1. The van der Waals surface area contributed by atoms with Gasteiger partial charge in [-0.15, -0.1) is 0 Å². The first-order chi connectivity index (χ1) is 19.2. The smallest absolute Gasteiger partial charge is 0.323 e. The Labute approximate surface area is 236 Å². The van der Waals surface area contributed by atoms with E-state index in [1.165, 1.54) is 57.9 Å². The predicted molar refractivity (Wildman–Crippen MR) is 155 cm³/mol. The highest BCUT2D eigenvalue weighted by Gasteiger charge is 2.48. The average Bonchev–Trinajstić information content (AvgIpc) is 3.11. The summed E-state index contributed by atoms with van der Waals surface area (Å²) in [5, 5.41) is 2.71. The lowest BCUT2D eigenvalue weighted by atomic mass is 9.67. The van der Waals surface area contributed by atoms with E-state index in [1.54, 1.807) is 13.8 Å². The summed E-state index contributed by atoms with van der Waals surface area (Å²) < 4.78 is 1.88. The van der Waals surface area contributed by atoms with Crippen molar-refractivity contribution in [3.63, 3.8) is 0 Å². The zero-order valence-electron chi connectivity index (χ0n) is 24.1. The number of benzene rings is 1. The lowest BCUT2D eigenvalue weighted by Crippen LogP contribution is -2.57. The summed E-state index contributed by atoms with van der Waals surface area (Å²) in [4.78, 5) is 48.6. The minimum atomic E-state index is -1.07. The van der Waals surface area contributed by atoms with Gasteiger partial charge in [-0.3, -0.25) is 14.5 Å². The molecule has 4 bridgehead atoms. The molecule has 2 aliphatic carbocycles. The molecular weight excluding hydrogens is 502 g/mol. The molecule has 3 saturated heterocycles. The van der Waals surface area contributed by atoms with Gasteiger partial charge >= 0.3 is 6.03 Å². The van der Waals surface area contributed by atoms with E-state index in [0.717, 1.165) is 41.0 Å². The van der Waals surface area contributed by atoms with Gasteiger partial charge in [-0.1, -0.05) is 38.3 Å². The van der Waals surface area contributed by atoms with E-state index in [9.17, 15) is 14.4 Å². The number of imide groups is 1. The van der Waals surface area contributed by atoms with E-state index in [1.807, 2.05) is 28.8 Å². The van der Waals surface area contributed by atoms with Gasteiger partial charge in [-0.25, -0.2) is 14.7 Å². The average molecular weight is 546 g/mol. The van der Waals surface area contributed by atoms with E-state index in [4.69, 9.17) is 0 Å². The maximum atomic E-state index is 14.2. The molecule has 40 heavy (non-hydrogen) atoms. The third kappa shape index (κ3) is 4.29. The lowest BCUT2D eigenvalue weighted by Gasteiger charge is -2.54. The second-order valence-electron chi connectivity index (χ2n) is 14.1. The van der Waals surface area contributed by atoms with Gasteiger partial charge in [0.25, 0.3) is 11.5 Å². The third-order valence-electron chi connectivity index (χ3n) is 11.0. The third-order valence-corrected chi connectivity index (χ3v) is 11.0. The number of nitrogens with zero attached hydrogens (tertiary/aromatic N) is 4. The summed E-state index contributed by atoms with van der Waals surface area (Å²) in [6.45, 7) is 6.91. The fourth-order valence-corrected chi connectivity index (χ4v) is 9.12. The zero-order chi connectivity index (χ0) is 27.8. The van der Waals surface area contributed by atoms with Crippen molar-refractivity contribution >= 4 is 28.8 Å². The second kappa shape index (κ2) is 9.68. The number of carbonyl (C=O) groups is 2. The summed E-state index contributed by atoms with van der Waals surface area (Å²) in [5.74, 6) is 2.72. The van der Waals surface area contributed by atoms with Crippen LogP contribution in [-0.2, 0) is 4.79 Å². The number of fused-ring (bicyclic) bond motifs is 5. The van der Waals surface area contributed by atoms with Crippen LogP contribution in [0.2, 0.25) is 0 Å². The highest BCUT2D eigenvalue weighted by Crippen LogP contribution is 2.46. The van der Waals surface area contributed by atoms with Crippen LogP contribution in [-0.4, -0.2) is 50.6 Å². The molecule has 1 aromatic heterocycles. The summed E-state index contributed by atoms with van der Waals surface area (Å²) in [7, 11) is 0. The molecule has 8 nitrogen and oxygen atoms in total. The molecule has 4 heterocycles. The molecule has 5 aliphatic rings. The first-order valence-electron chi connectivity index (χ1n) is 15.6. The Balaban J connectivity index is 1.23. The first-order valence-corrected chi connectivity index (χ1v) is 15.6. The first kappa shape index (κ1) is 26.2. The zero-order valence-corrected chi connectivity index (χ0v) is 24.1. The predicted octanol–water partition coefficient (Wildman–Crippen LogP) is 5.25. The summed E-state index contributed by atoms with van der Waals surface area (Å²) in [6, 6.07) is 7.98. The van der Waals surface area contributed by atoms with Crippen LogP contribution < -0.4 is 15.8 Å². The Morgan fingerprint density at radius 1 is 0.925 bits per heavy atom.